The van der Waals surface area contributed by atoms with Crippen molar-refractivity contribution in [2.24, 2.45) is 0 Å². The Hall–Kier alpha value is -3.35. The van der Waals surface area contributed by atoms with E-state index >= 15 is 0 Å². The van der Waals surface area contributed by atoms with E-state index in [2.05, 4.69) is 5.32 Å². The van der Waals surface area contributed by atoms with Gasteiger partial charge in [0.05, 0.1) is 36.1 Å². The molecule has 0 aliphatic heterocycles. The van der Waals surface area contributed by atoms with Gasteiger partial charge in [-0.3, -0.25) is 14.4 Å². The molecular formula is C21H24N2O5. The van der Waals surface area contributed by atoms with Crippen LogP contribution in [0.15, 0.2) is 30.3 Å². The Morgan fingerprint density at radius 1 is 1.18 bits per heavy atom. The molecule has 0 unspecified atom stereocenters. The van der Waals surface area contributed by atoms with Crippen molar-refractivity contribution in [3.63, 3.8) is 0 Å². The Kier molecular flexibility index (Phi) is 6.76. The van der Waals surface area contributed by atoms with Gasteiger partial charge in [-0.05, 0) is 31.2 Å². The highest BCUT2D eigenvalue weighted by Gasteiger charge is 2.25. The lowest BCUT2D eigenvalue weighted by atomic mass is 9.97. The number of rotatable bonds is 8. The molecule has 7 heteroatoms. The zero-order chi connectivity index (χ0) is 20.8. The Bertz CT molecular complexity index is 906. The topological polar surface area (TPSA) is 84.9 Å². The summed E-state index contributed by atoms with van der Waals surface area (Å²) < 4.78 is 11.0. The first-order valence-electron chi connectivity index (χ1n) is 8.76. The van der Waals surface area contributed by atoms with Crippen LogP contribution in [-0.4, -0.2) is 45.8 Å². The number of nitrogens with one attached hydrogen (secondary N) is 1. The van der Waals surface area contributed by atoms with E-state index in [1.165, 1.54) is 26.2 Å². The number of amides is 1. The number of carbonyl (C=O) groups excluding carboxylic acids is 3. The van der Waals surface area contributed by atoms with Gasteiger partial charge in [0.1, 0.15) is 11.5 Å². The first-order chi connectivity index (χ1) is 13.3. The van der Waals surface area contributed by atoms with Crippen LogP contribution in [0.1, 0.15) is 40.1 Å². The van der Waals surface area contributed by atoms with Gasteiger partial charge in [-0.25, -0.2) is 0 Å². The number of anilines is 2. The van der Waals surface area contributed by atoms with Gasteiger partial charge >= 0.3 is 0 Å². The molecule has 0 heterocycles. The molecule has 0 saturated heterocycles. The maximum Gasteiger partial charge on any atom is 0.221 e. The summed E-state index contributed by atoms with van der Waals surface area (Å²) in [7, 11) is 5.14. The fourth-order valence-electron chi connectivity index (χ4n) is 2.82. The van der Waals surface area contributed by atoms with Crippen molar-refractivity contribution in [3.8, 4) is 11.5 Å². The summed E-state index contributed by atoms with van der Waals surface area (Å²) in [5.41, 5.74) is 1.75. The minimum absolute atomic E-state index is 0.0980. The number of methoxy groups -OCH3 is 1. The Balaban J connectivity index is 2.71. The smallest absolute Gasteiger partial charge is 0.221 e. The van der Waals surface area contributed by atoms with Crippen molar-refractivity contribution in [1.29, 1.82) is 0 Å². The third kappa shape index (κ3) is 4.31. The standard InChI is InChI=1S/C21H24N2O5/c1-6-28-18-11-15(23(3)4)8-9-16(18)20(26)19-17(22-13(2)25)10-7-14(12-24)21(19)27-5/h7-12H,6H2,1-5H3,(H,22,25). The van der Waals surface area contributed by atoms with Crippen molar-refractivity contribution in [2.45, 2.75) is 13.8 Å². The average Bonchev–Trinajstić information content (AvgIpc) is 2.66. The average molecular weight is 384 g/mol. The van der Waals surface area contributed by atoms with Crippen molar-refractivity contribution in [2.75, 3.05) is 38.0 Å². The summed E-state index contributed by atoms with van der Waals surface area (Å²) in [4.78, 5) is 38.3. The summed E-state index contributed by atoms with van der Waals surface area (Å²) >= 11 is 0. The van der Waals surface area contributed by atoms with Crippen LogP contribution >= 0.6 is 0 Å². The van der Waals surface area contributed by atoms with Gasteiger partial charge in [0.2, 0.25) is 11.7 Å². The van der Waals surface area contributed by atoms with E-state index < -0.39 is 5.78 Å². The van der Waals surface area contributed by atoms with Crippen LogP contribution in [0.5, 0.6) is 11.5 Å². The third-order valence-electron chi connectivity index (χ3n) is 4.08. The molecule has 148 valence electrons. The van der Waals surface area contributed by atoms with E-state index in [1.807, 2.05) is 25.9 Å². The summed E-state index contributed by atoms with van der Waals surface area (Å²) in [5, 5.41) is 2.63. The molecule has 0 saturated carbocycles. The fourth-order valence-corrected chi connectivity index (χ4v) is 2.82. The third-order valence-corrected chi connectivity index (χ3v) is 4.08. The Labute approximate surface area is 164 Å². The largest absolute Gasteiger partial charge is 0.495 e. The monoisotopic (exact) mass is 384 g/mol. The van der Waals surface area contributed by atoms with E-state index in [-0.39, 0.29) is 28.5 Å². The van der Waals surface area contributed by atoms with Gasteiger partial charge in [0, 0.05) is 32.8 Å². The van der Waals surface area contributed by atoms with E-state index in [4.69, 9.17) is 9.47 Å². The van der Waals surface area contributed by atoms with Crippen LogP contribution in [0.25, 0.3) is 0 Å². The molecule has 1 amide bonds. The number of ether oxygens (including phenoxy) is 2. The highest BCUT2D eigenvalue weighted by atomic mass is 16.5. The summed E-state index contributed by atoms with van der Waals surface area (Å²) in [6.07, 6.45) is 0.603. The van der Waals surface area contributed by atoms with Crippen LogP contribution in [0.2, 0.25) is 0 Å². The van der Waals surface area contributed by atoms with Gasteiger partial charge < -0.3 is 19.7 Å². The summed E-state index contributed by atoms with van der Waals surface area (Å²) in [5.74, 6) is -0.252. The van der Waals surface area contributed by atoms with Crippen molar-refractivity contribution in [1.82, 2.24) is 0 Å². The first-order valence-corrected chi connectivity index (χ1v) is 8.76. The number of carbonyl (C=O) groups is 3. The minimum atomic E-state index is -0.418. The lowest BCUT2D eigenvalue weighted by Crippen LogP contribution is -2.15. The van der Waals surface area contributed by atoms with Crippen LogP contribution in [0.3, 0.4) is 0 Å². The van der Waals surface area contributed by atoms with Crippen molar-refractivity contribution in [3.05, 3.63) is 47.0 Å². The van der Waals surface area contributed by atoms with Crippen molar-refractivity contribution < 1.29 is 23.9 Å². The molecule has 0 fully saturated rings. The Morgan fingerprint density at radius 3 is 2.43 bits per heavy atom. The minimum Gasteiger partial charge on any atom is -0.495 e. The number of hydrogen-bond acceptors (Lipinski definition) is 6. The fraction of sp³-hybridized carbons (Fsp3) is 0.286. The molecule has 0 aromatic heterocycles. The molecule has 0 aliphatic carbocycles. The highest BCUT2D eigenvalue weighted by molar-refractivity contribution is 6.18. The molecule has 1 N–H and O–H groups in total. The molecule has 2 aromatic carbocycles. The number of hydrogen-bond donors (Lipinski definition) is 1. The van der Waals surface area contributed by atoms with Crippen LogP contribution in [0, 0.1) is 0 Å². The predicted molar refractivity (Wildman–Crippen MR) is 108 cm³/mol. The van der Waals surface area contributed by atoms with E-state index in [9.17, 15) is 14.4 Å². The predicted octanol–water partition coefficient (Wildman–Crippen LogP) is 3.16. The second kappa shape index (κ2) is 9.03. The van der Waals surface area contributed by atoms with Gasteiger partial charge in [0.25, 0.3) is 0 Å². The molecule has 7 nitrogen and oxygen atoms in total. The van der Waals surface area contributed by atoms with E-state index in [1.54, 1.807) is 18.2 Å². The summed E-state index contributed by atoms with van der Waals surface area (Å²) in [6.45, 7) is 3.54. The van der Waals surface area contributed by atoms with Gasteiger partial charge in [-0.2, -0.15) is 0 Å². The second-order valence-corrected chi connectivity index (χ2v) is 6.25. The number of ketones is 1. The maximum absolute atomic E-state index is 13.4. The molecule has 0 aliphatic rings. The van der Waals surface area contributed by atoms with Gasteiger partial charge in [-0.1, -0.05) is 0 Å². The van der Waals surface area contributed by atoms with Crippen LogP contribution in [0.4, 0.5) is 11.4 Å². The molecule has 0 spiro atoms. The molecular weight excluding hydrogens is 360 g/mol. The Morgan fingerprint density at radius 2 is 1.89 bits per heavy atom. The maximum atomic E-state index is 13.4. The molecule has 2 aromatic rings. The van der Waals surface area contributed by atoms with Gasteiger partial charge in [-0.15, -0.1) is 0 Å². The molecule has 0 atom stereocenters. The normalized spacial score (nSPS) is 10.2. The second-order valence-electron chi connectivity index (χ2n) is 6.25. The first kappa shape index (κ1) is 21.0. The molecule has 28 heavy (non-hydrogen) atoms. The lowest BCUT2D eigenvalue weighted by Gasteiger charge is -2.19. The highest BCUT2D eigenvalue weighted by Crippen LogP contribution is 2.35. The van der Waals surface area contributed by atoms with Crippen LogP contribution in [-0.2, 0) is 4.79 Å². The van der Waals surface area contributed by atoms with Crippen LogP contribution < -0.4 is 19.7 Å². The van der Waals surface area contributed by atoms with Crippen molar-refractivity contribution >= 4 is 29.4 Å². The zero-order valence-corrected chi connectivity index (χ0v) is 16.7. The summed E-state index contributed by atoms with van der Waals surface area (Å²) in [6, 6.07) is 8.23. The quantitative estimate of drug-likeness (QED) is 0.556. The molecule has 0 radical (unpaired) electrons. The molecule has 0 bridgehead atoms. The number of benzene rings is 2. The number of aldehydes is 1. The molecule has 2 rings (SSSR count). The lowest BCUT2D eigenvalue weighted by molar-refractivity contribution is -0.114. The van der Waals surface area contributed by atoms with E-state index in [0.717, 1.165) is 5.69 Å². The zero-order valence-electron chi connectivity index (χ0n) is 16.7. The SMILES string of the molecule is CCOc1cc(N(C)C)ccc1C(=O)c1c(NC(C)=O)ccc(C=O)c1OC. The van der Waals surface area contributed by atoms with Gasteiger partial charge in [0.15, 0.2) is 6.29 Å². The number of nitrogens with zero attached hydrogens (tertiary/aromatic N) is 1. The van der Waals surface area contributed by atoms with E-state index in [0.29, 0.717) is 24.2 Å².